The van der Waals surface area contributed by atoms with Gasteiger partial charge in [0.1, 0.15) is 0 Å². The first kappa shape index (κ1) is 32.0. The molecule has 0 aliphatic carbocycles. The highest BCUT2D eigenvalue weighted by Crippen LogP contribution is 2.36. The summed E-state index contributed by atoms with van der Waals surface area (Å²) in [4.78, 5) is 18.3. The molecule has 0 saturated carbocycles. The first-order valence-corrected chi connectivity index (χ1v) is 15.2. The Labute approximate surface area is 199 Å². The summed E-state index contributed by atoms with van der Waals surface area (Å²) in [6.45, 7) is 5.90. The first-order chi connectivity index (χ1) is 15.5. The lowest BCUT2D eigenvalue weighted by Gasteiger charge is -2.21. The highest BCUT2D eigenvalue weighted by atomic mass is 31.2. The van der Waals surface area contributed by atoms with E-state index in [0.717, 1.165) is 25.7 Å². The van der Waals surface area contributed by atoms with E-state index in [1.165, 1.54) is 103 Å². The van der Waals surface area contributed by atoms with Crippen molar-refractivity contribution in [1.29, 1.82) is 0 Å². The van der Waals surface area contributed by atoms with Crippen molar-refractivity contribution in [3.8, 4) is 0 Å². The standard InChI is InChI=1S/C25H55N2O4P/c1-3-5-7-9-11-13-15-17-19-21-23-26-25(31-32(28,29)30)27-24-22-20-18-16-14-12-10-8-6-4-2/h25-27H,3-24H2,1-2H3,(H2,28,29,30). The fourth-order valence-electron chi connectivity index (χ4n) is 3.98. The lowest BCUT2D eigenvalue weighted by Crippen LogP contribution is -2.44. The third kappa shape index (κ3) is 26.3. The maximum Gasteiger partial charge on any atom is 0.472 e. The molecule has 194 valence electrons. The van der Waals surface area contributed by atoms with Crippen LogP contribution in [0.1, 0.15) is 142 Å². The Morgan fingerprint density at radius 2 is 0.844 bits per heavy atom. The lowest BCUT2D eigenvalue weighted by atomic mass is 10.1. The zero-order valence-electron chi connectivity index (χ0n) is 21.3. The predicted octanol–water partition coefficient (Wildman–Crippen LogP) is 7.40. The molecule has 0 fully saturated rings. The summed E-state index contributed by atoms with van der Waals surface area (Å²) in [5, 5.41) is 6.22. The van der Waals surface area contributed by atoms with Crippen LogP contribution in [0.25, 0.3) is 0 Å². The molecule has 0 unspecified atom stereocenters. The zero-order valence-corrected chi connectivity index (χ0v) is 22.2. The van der Waals surface area contributed by atoms with Crippen LogP contribution >= 0.6 is 7.82 Å². The molecule has 0 aliphatic rings. The molecule has 0 aliphatic heterocycles. The Morgan fingerprint density at radius 3 is 1.12 bits per heavy atom. The van der Waals surface area contributed by atoms with Gasteiger partial charge in [0.2, 0.25) is 0 Å². The molecule has 0 aromatic heterocycles. The van der Waals surface area contributed by atoms with Crippen LogP contribution in [0.5, 0.6) is 0 Å². The van der Waals surface area contributed by atoms with Crippen LogP contribution in [0.15, 0.2) is 0 Å². The molecule has 7 heteroatoms. The van der Waals surface area contributed by atoms with Gasteiger partial charge < -0.3 is 9.79 Å². The van der Waals surface area contributed by atoms with Gasteiger partial charge in [-0.1, -0.05) is 129 Å². The number of rotatable bonds is 26. The van der Waals surface area contributed by atoms with Gasteiger partial charge in [0, 0.05) is 0 Å². The molecule has 32 heavy (non-hydrogen) atoms. The normalized spacial score (nSPS) is 12.2. The van der Waals surface area contributed by atoms with Crippen LogP contribution in [-0.4, -0.2) is 29.2 Å². The molecule has 6 nitrogen and oxygen atoms in total. The molecule has 4 N–H and O–H groups in total. The Bertz CT molecular complexity index is 395. The van der Waals surface area contributed by atoms with Gasteiger partial charge >= 0.3 is 7.82 Å². The molecular weight excluding hydrogens is 423 g/mol. The van der Waals surface area contributed by atoms with Crippen molar-refractivity contribution < 1.29 is 18.9 Å². The van der Waals surface area contributed by atoms with Gasteiger partial charge in [-0.25, -0.2) is 4.57 Å². The average Bonchev–Trinajstić information content (AvgIpc) is 2.74. The summed E-state index contributed by atoms with van der Waals surface area (Å²) in [6, 6.07) is 0. The summed E-state index contributed by atoms with van der Waals surface area (Å²) in [6.07, 6.45) is 24.6. The molecule has 0 aromatic rings. The van der Waals surface area contributed by atoms with E-state index in [1.54, 1.807) is 0 Å². The van der Waals surface area contributed by atoms with Crippen LogP contribution < -0.4 is 10.6 Å². The SMILES string of the molecule is CCCCCCCCCCCCNC(NCCCCCCCCCCCC)OP(=O)(O)O. The predicted molar refractivity (Wildman–Crippen MR) is 137 cm³/mol. The van der Waals surface area contributed by atoms with Gasteiger partial charge in [-0.05, 0) is 25.9 Å². The van der Waals surface area contributed by atoms with Crippen molar-refractivity contribution in [2.75, 3.05) is 13.1 Å². The average molecular weight is 479 g/mol. The Balaban J connectivity index is 3.68. The first-order valence-electron chi connectivity index (χ1n) is 13.7. The third-order valence-electron chi connectivity index (χ3n) is 5.96. The molecule has 0 atom stereocenters. The van der Waals surface area contributed by atoms with Gasteiger partial charge in [0.15, 0.2) is 6.35 Å². The van der Waals surface area contributed by atoms with E-state index in [-0.39, 0.29) is 0 Å². The Morgan fingerprint density at radius 1 is 0.562 bits per heavy atom. The van der Waals surface area contributed by atoms with Crippen molar-refractivity contribution in [2.45, 2.75) is 149 Å². The van der Waals surface area contributed by atoms with E-state index < -0.39 is 14.2 Å². The molecule has 0 saturated heterocycles. The van der Waals surface area contributed by atoms with Crippen molar-refractivity contribution >= 4 is 7.82 Å². The highest BCUT2D eigenvalue weighted by Gasteiger charge is 2.21. The lowest BCUT2D eigenvalue weighted by molar-refractivity contribution is 0.0824. The Kier molecular flexibility index (Phi) is 24.2. The monoisotopic (exact) mass is 478 g/mol. The van der Waals surface area contributed by atoms with Crippen LogP contribution in [0, 0.1) is 0 Å². The molecular formula is C25H55N2O4P. The molecule has 0 amide bonds. The fourth-order valence-corrected chi connectivity index (χ4v) is 4.40. The van der Waals surface area contributed by atoms with E-state index >= 15 is 0 Å². The minimum atomic E-state index is -4.51. The van der Waals surface area contributed by atoms with Crippen LogP contribution in [0.4, 0.5) is 0 Å². The minimum Gasteiger partial charge on any atom is -0.303 e. The summed E-state index contributed by atoms with van der Waals surface area (Å²) >= 11 is 0. The van der Waals surface area contributed by atoms with Gasteiger partial charge in [-0.3, -0.25) is 15.2 Å². The Hall–Kier alpha value is 0.0300. The second-order valence-corrected chi connectivity index (χ2v) is 10.4. The number of nitrogens with one attached hydrogen (secondary N) is 2. The van der Waals surface area contributed by atoms with Crippen molar-refractivity contribution in [2.24, 2.45) is 0 Å². The number of phosphoric ester groups is 1. The van der Waals surface area contributed by atoms with Gasteiger partial charge in [0.25, 0.3) is 0 Å². The van der Waals surface area contributed by atoms with E-state index in [1.807, 2.05) is 0 Å². The summed E-state index contributed by atoms with van der Waals surface area (Å²) < 4.78 is 16.1. The maximum atomic E-state index is 11.2. The van der Waals surface area contributed by atoms with Gasteiger partial charge in [-0.15, -0.1) is 0 Å². The van der Waals surface area contributed by atoms with Crippen LogP contribution in [0.3, 0.4) is 0 Å². The third-order valence-corrected chi connectivity index (χ3v) is 6.45. The number of unbranched alkanes of at least 4 members (excludes halogenated alkanes) is 18. The zero-order chi connectivity index (χ0) is 23.8. The number of hydrogen-bond acceptors (Lipinski definition) is 4. The summed E-state index contributed by atoms with van der Waals surface area (Å²) in [5.74, 6) is 0. The topological polar surface area (TPSA) is 90.8 Å². The maximum absolute atomic E-state index is 11.2. The van der Waals surface area contributed by atoms with Crippen molar-refractivity contribution in [1.82, 2.24) is 10.6 Å². The van der Waals surface area contributed by atoms with E-state index in [2.05, 4.69) is 24.5 Å². The van der Waals surface area contributed by atoms with Crippen LogP contribution in [0.2, 0.25) is 0 Å². The second-order valence-electron chi connectivity index (χ2n) is 9.25. The number of phosphoric acid groups is 1. The summed E-state index contributed by atoms with van der Waals surface area (Å²) in [7, 11) is -4.51. The largest absolute Gasteiger partial charge is 0.472 e. The van der Waals surface area contributed by atoms with Crippen molar-refractivity contribution in [3.05, 3.63) is 0 Å². The van der Waals surface area contributed by atoms with Crippen LogP contribution in [-0.2, 0) is 9.09 Å². The van der Waals surface area contributed by atoms with Gasteiger partial charge in [0.05, 0.1) is 0 Å². The highest BCUT2D eigenvalue weighted by molar-refractivity contribution is 7.46. The molecule has 0 heterocycles. The van der Waals surface area contributed by atoms with Crippen molar-refractivity contribution in [3.63, 3.8) is 0 Å². The smallest absolute Gasteiger partial charge is 0.303 e. The molecule has 0 spiro atoms. The van der Waals surface area contributed by atoms with E-state index in [9.17, 15) is 4.57 Å². The fraction of sp³-hybridized carbons (Fsp3) is 1.00. The molecule has 0 rings (SSSR count). The van der Waals surface area contributed by atoms with E-state index in [0.29, 0.717) is 13.1 Å². The molecule has 0 radical (unpaired) electrons. The van der Waals surface area contributed by atoms with E-state index in [4.69, 9.17) is 14.3 Å². The van der Waals surface area contributed by atoms with Gasteiger partial charge in [-0.2, -0.15) is 0 Å². The molecule has 0 aromatic carbocycles. The summed E-state index contributed by atoms with van der Waals surface area (Å²) in [5.41, 5.74) is 0. The second kappa shape index (κ2) is 24.2. The quantitative estimate of drug-likeness (QED) is 0.0588. The minimum absolute atomic E-state index is 0.701. The molecule has 0 bridgehead atoms. The number of hydrogen-bond donors (Lipinski definition) is 4.